The number of halogens is 3. The Hall–Kier alpha value is -3.01. The highest BCUT2D eigenvalue weighted by atomic mass is 19.4. The Kier molecular flexibility index (Phi) is 7.72. The molecule has 0 spiro atoms. The second-order valence-electron chi connectivity index (χ2n) is 7.80. The number of nitrogens with two attached hydrogens (primary N) is 1. The van der Waals surface area contributed by atoms with E-state index in [4.69, 9.17) is 10.5 Å². The van der Waals surface area contributed by atoms with Gasteiger partial charge >= 0.3 is 12.5 Å². The fraction of sp³-hybridized carbons (Fsp3) is 0.429. The predicted octanol–water partition coefficient (Wildman–Crippen LogP) is 4.97. The van der Waals surface area contributed by atoms with E-state index in [1.165, 1.54) is 31.5 Å². The van der Waals surface area contributed by atoms with Gasteiger partial charge in [0.15, 0.2) is 11.5 Å². The molecular formula is C21H26F3N3O4. The number of anilines is 1. The number of pyridine rings is 1. The van der Waals surface area contributed by atoms with Crippen LogP contribution in [-0.4, -0.2) is 36.7 Å². The lowest BCUT2D eigenvalue weighted by Gasteiger charge is -2.27. The highest BCUT2D eigenvalue weighted by Gasteiger charge is 2.33. The van der Waals surface area contributed by atoms with E-state index < -0.39 is 23.7 Å². The van der Waals surface area contributed by atoms with Crippen molar-refractivity contribution in [2.75, 3.05) is 19.0 Å². The Balaban J connectivity index is 2.32. The summed E-state index contributed by atoms with van der Waals surface area (Å²) in [6.07, 6.45) is -3.59. The molecule has 0 saturated heterocycles. The quantitative estimate of drug-likeness (QED) is 0.601. The van der Waals surface area contributed by atoms with Gasteiger partial charge in [0, 0.05) is 11.7 Å². The van der Waals surface area contributed by atoms with Crippen molar-refractivity contribution in [1.29, 1.82) is 0 Å². The average molecular weight is 441 g/mol. The molecule has 0 aliphatic heterocycles. The molecule has 31 heavy (non-hydrogen) atoms. The van der Waals surface area contributed by atoms with Crippen LogP contribution in [0.15, 0.2) is 36.5 Å². The van der Waals surface area contributed by atoms with E-state index in [2.05, 4.69) is 19.8 Å². The van der Waals surface area contributed by atoms with E-state index in [1.54, 1.807) is 19.1 Å². The molecule has 1 aromatic heterocycles. The van der Waals surface area contributed by atoms with Crippen LogP contribution in [0, 0.1) is 5.92 Å². The zero-order valence-corrected chi connectivity index (χ0v) is 17.7. The smallest absolute Gasteiger partial charge is 0.488 e. The summed E-state index contributed by atoms with van der Waals surface area (Å²) in [6, 6.07) is 7.23. The standard InChI is InChI=1S/C21H26F3N3O4/c1-13(2)11-20(3,25)12-30-16-6-5-14(9-17(16)31-21(22,23)24)15-7-8-26-18(10-15)27-19(28)29-4/h5-10,13H,11-12,25H2,1-4H3,(H,26,27,28). The van der Waals surface area contributed by atoms with Gasteiger partial charge < -0.3 is 19.9 Å². The van der Waals surface area contributed by atoms with Crippen molar-refractivity contribution in [2.45, 2.75) is 39.1 Å². The first-order chi connectivity index (χ1) is 14.4. The van der Waals surface area contributed by atoms with Crippen LogP contribution in [0.25, 0.3) is 11.1 Å². The second kappa shape index (κ2) is 9.86. The summed E-state index contributed by atoms with van der Waals surface area (Å²) < 4.78 is 53.2. The third-order valence-electron chi connectivity index (χ3n) is 4.11. The van der Waals surface area contributed by atoms with Gasteiger partial charge in [0.25, 0.3) is 0 Å². The van der Waals surface area contributed by atoms with Crippen molar-refractivity contribution in [3.63, 3.8) is 0 Å². The molecule has 0 aliphatic rings. The Morgan fingerprint density at radius 1 is 1.16 bits per heavy atom. The summed E-state index contributed by atoms with van der Waals surface area (Å²) in [5.74, 6) is -0.102. The van der Waals surface area contributed by atoms with E-state index in [-0.39, 0.29) is 18.2 Å². The van der Waals surface area contributed by atoms with Gasteiger partial charge in [-0.05, 0) is 54.7 Å². The molecule has 0 fully saturated rings. The summed E-state index contributed by atoms with van der Waals surface area (Å²) in [7, 11) is 1.20. The number of amides is 1. The molecule has 1 amide bonds. The van der Waals surface area contributed by atoms with Crippen molar-refractivity contribution in [1.82, 2.24) is 4.98 Å². The minimum absolute atomic E-state index is 0.0151. The molecule has 2 aromatic rings. The molecule has 10 heteroatoms. The second-order valence-corrected chi connectivity index (χ2v) is 7.80. The van der Waals surface area contributed by atoms with Crippen LogP contribution in [0.3, 0.4) is 0 Å². The third-order valence-corrected chi connectivity index (χ3v) is 4.11. The molecule has 1 atom stereocenters. The number of alkyl halides is 3. The van der Waals surface area contributed by atoms with Crippen LogP contribution in [0.1, 0.15) is 27.2 Å². The number of carbonyl (C=O) groups excluding carboxylic acids is 1. The zero-order valence-electron chi connectivity index (χ0n) is 17.7. The first-order valence-electron chi connectivity index (χ1n) is 9.51. The highest BCUT2D eigenvalue weighted by Crippen LogP contribution is 2.37. The lowest BCUT2D eigenvalue weighted by atomic mass is 9.93. The van der Waals surface area contributed by atoms with Crippen molar-refractivity contribution < 1.29 is 32.2 Å². The van der Waals surface area contributed by atoms with Gasteiger partial charge in [-0.2, -0.15) is 0 Å². The maximum Gasteiger partial charge on any atom is 0.573 e. The molecule has 3 N–H and O–H groups in total. The zero-order chi connectivity index (χ0) is 23.2. The maximum atomic E-state index is 13.0. The number of benzene rings is 1. The average Bonchev–Trinajstić information content (AvgIpc) is 2.65. The van der Waals surface area contributed by atoms with Crippen LogP contribution >= 0.6 is 0 Å². The lowest BCUT2D eigenvalue weighted by Crippen LogP contribution is -2.43. The van der Waals surface area contributed by atoms with Crippen molar-refractivity contribution in [3.8, 4) is 22.6 Å². The van der Waals surface area contributed by atoms with E-state index in [9.17, 15) is 18.0 Å². The minimum atomic E-state index is -4.91. The Bertz CT molecular complexity index is 902. The number of nitrogens with one attached hydrogen (secondary N) is 1. The first-order valence-corrected chi connectivity index (χ1v) is 9.51. The summed E-state index contributed by atoms with van der Waals surface area (Å²) in [4.78, 5) is 15.3. The third kappa shape index (κ3) is 7.97. The molecule has 0 aliphatic carbocycles. The highest BCUT2D eigenvalue weighted by molar-refractivity contribution is 5.84. The Labute approximate surface area is 178 Å². The molecule has 1 aromatic carbocycles. The van der Waals surface area contributed by atoms with Gasteiger partial charge in [0.2, 0.25) is 0 Å². The maximum absolute atomic E-state index is 13.0. The molecule has 0 bridgehead atoms. The van der Waals surface area contributed by atoms with Crippen LogP contribution in [-0.2, 0) is 4.74 Å². The summed E-state index contributed by atoms with van der Waals surface area (Å²) in [6.45, 7) is 5.78. The number of ether oxygens (including phenoxy) is 3. The summed E-state index contributed by atoms with van der Waals surface area (Å²) >= 11 is 0. The van der Waals surface area contributed by atoms with Crippen molar-refractivity contribution in [3.05, 3.63) is 36.5 Å². The predicted molar refractivity (Wildman–Crippen MR) is 110 cm³/mol. The van der Waals surface area contributed by atoms with Crippen LogP contribution in [0.2, 0.25) is 0 Å². The number of hydrogen-bond donors (Lipinski definition) is 2. The molecule has 7 nitrogen and oxygen atoms in total. The van der Waals surface area contributed by atoms with Crippen molar-refractivity contribution in [2.24, 2.45) is 11.7 Å². The molecule has 170 valence electrons. The van der Waals surface area contributed by atoms with Gasteiger partial charge in [0.1, 0.15) is 12.4 Å². The van der Waals surface area contributed by atoms with Gasteiger partial charge in [0.05, 0.1) is 7.11 Å². The molecule has 0 saturated carbocycles. The largest absolute Gasteiger partial charge is 0.573 e. The number of rotatable bonds is 8. The van der Waals surface area contributed by atoms with E-state index in [0.717, 1.165) is 0 Å². The van der Waals surface area contributed by atoms with Gasteiger partial charge in [-0.25, -0.2) is 9.78 Å². The lowest BCUT2D eigenvalue weighted by molar-refractivity contribution is -0.275. The Morgan fingerprint density at radius 2 is 1.84 bits per heavy atom. The van der Waals surface area contributed by atoms with E-state index in [1.807, 2.05) is 13.8 Å². The van der Waals surface area contributed by atoms with E-state index in [0.29, 0.717) is 23.5 Å². The number of hydrogen-bond acceptors (Lipinski definition) is 6. The fourth-order valence-corrected chi connectivity index (χ4v) is 3.08. The number of carbonyl (C=O) groups is 1. The fourth-order valence-electron chi connectivity index (χ4n) is 3.08. The number of nitrogens with zero attached hydrogens (tertiary/aromatic N) is 1. The molecule has 1 unspecified atom stereocenters. The monoisotopic (exact) mass is 441 g/mol. The van der Waals surface area contributed by atoms with Gasteiger partial charge in [-0.3, -0.25) is 5.32 Å². The van der Waals surface area contributed by atoms with Crippen molar-refractivity contribution >= 4 is 11.9 Å². The van der Waals surface area contributed by atoms with Gasteiger partial charge in [-0.15, -0.1) is 13.2 Å². The Morgan fingerprint density at radius 3 is 2.45 bits per heavy atom. The number of aromatic nitrogens is 1. The molecule has 2 rings (SSSR count). The van der Waals surface area contributed by atoms with Gasteiger partial charge in [-0.1, -0.05) is 19.9 Å². The SMILES string of the molecule is COC(=O)Nc1cc(-c2ccc(OCC(C)(N)CC(C)C)c(OC(F)(F)F)c2)ccn1. The normalized spacial score (nSPS) is 13.5. The van der Waals surface area contributed by atoms with E-state index >= 15 is 0 Å². The van der Waals surface area contributed by atoms with Crippen LogP contribution < -0.4 is 20.5 Å². The molecular weight excluding hydrogens is 415 g/mol. The topological polar surface area (TPSA) is 95.7 Å². The first kappa shape index (κ1) is 24.3. The summed E-state index contributed by atoms with van der Waals surface area (Å²) in [5.41, 5.74) is 6.38. The minimum Gasteiger partial charge on any atom is -0.488 e. The van der Waals surface area contributed by atoms with Crippen LogP contribution in [0.5, 0.6) is 11.5 Å². The molecule has 1 heterocycles. The number of methoxy groups -OCH3 is 1. The molecule has 0 radical (unpaired) electrons. The summed E-state index contributed by atoms with van der Waals surface area (Å²) in [5, 5.41) is 2.40. The van der Waals surface area contributed by atoms with Crippen LogP contribution in [0.4, 0.5) is 23.8 Å².